The van der Waals surface area contributed by atoms with Crippen molar-refractivity contribution in [1.29, 1.82) is 0 Å². The summed E-state index contributed by atoms with van der Waals surface area (Å²) >= 11 is 1.86. The van der Waals surface area contributed by atoms with Crippen molar-refractivity contribution in [1.82, 2.24) is 0 Å². The average Bonchev–Trinajstić information content (AvgIpc) is 3.81. The molecule has 0 saturated carbocycles. The molecule has 0 radical (unpaired) electrons. The Kier molecular flexibility index (Phi) is 6.28. The lowest BCUT2D eigenvalue weighted by Gasteiger charge is -2.19. The van der Waals surface area contributed by atoms with Crippen LogP contribution in [0.3, 0.4) is 0 Å². The van der Waals surface area contributed by atoms with Gasteiger partial charge in [0.15, 0.2) is 0 Å². The largest absolute Gasteiger partial charge is 0.456 e. The van der Waals surface area contributed by atoms with E-state index in [1.165, 1.54) is 96.5 Å². The third-order valence-electron chi connectivity index (χ3n) is 11.5. The maximum Gasteiger partial charge on any atom is 0.136 e. The second-order valence-corrected chi connectivity index (χ2v) is 15.4. The van der Waals surface area contributed by atoms with E-state index in [0.717, 1.165) is 22.1 Å². The van der Waals surface area contributed by atoms with E-state index in [4.69, 9.17) is 4.42 Å². The molecule has 12 rings (SSSR count). The summed E-state index contributed by atoms with van der Waals surface area (Å²) in [5, 5.41) is 14.9. The first kappa shape index (κ1) is 29.8. The van der Waals surface area contributed by atoms with Gasteiger partial charge in [0, 0.05) is 36.3 Å². The van der Waals surface area contributed by atoms with Gasteiger partial charge >= 0.3 is 0 Å². The van der Waals surface area contributed by atoms with Crippen LogP contribution in [0.25, 0.3) is 119 Å². The van der Waals surface area contributed by atoms with Gasteiger partial charge in [0.05, 0.1) is 0 Å². The van der Waals surface area contributed by atoms with Crippen molar-refractivity contribution in [2.24, 2.45) is 0 Å². The van der Waals surface area contributed by atoms with Crippen LogP contribution in [0.1, 0.15) is 0 Å². The topological polar surface area (TPSA) is 13.1 Å². The Hall–Kier alpha value is -6.74. The molecule has 0 bridgehead atoms. The van der Waals surface area contributed by atoms with Crippen LogP contribution in [0.2, 0.25) is 0 Å². The number of benzene rings is 10. The molecule has 0 saturated heterocycles. The van der Waals surface area contributed by atoms with Crippen molar-refractivity contribution in [2.75, 3.05) is 0 Å². The van der Waals surface area contributed by atoms with Crippen LogP contribution in [0.15, 0.2) is 186 Å². The summed E-state index contributed by atoms with van der Waals surface area (Å²) in [5.41, 5.74) is 9.21. The maximum atomic E-state index is 6.78. The SMILES string of the molecule is c1ccc(-c2ccc(-c3c4ccccc4c(-c4ccc5c(c4)oc4ccc6ccc7sc8ccccc8c7c6c45)c4ccccc34)c3ccccc23)cc1. The second kappa shape index (κ2) is 11.4. The van der Waals surface area contributed by atoms with Gasteiger partial charge in [-0.25, -0.2) is 0 Å². The zero-order valence-corrected chi connectivity index (χ0v) is 30.0. The highest BCUT2D eigenvalue weighted by Crippen LogP contribution is 2.48. The first-order valence-electron chi connectivity index (χ1n) is 18.5. The molecule has 1 nitrogen and oxygen atoms in total. The van der Waals surface area contributed by atoms with Crippen molar-refractivity contribution in [2.45, 2.75) is 0 Å². The minimum Gasteiger partial charge on any atom is -0.456 e. The van der Waals surface area contributed by atoms with Crippen LogP contribution in [-0.2, 0) is 0 Å². The molecule has 12 aromatic rings. The van der Waals surface area contributed by atoms with E-state index in [1.54, 1.807) is 0 Å². The van der Waals surface area contributed by atoms with Crippen LogP contribution < -0.4 is 0 Å². The summed E-state index contributed by atoms with van der Waals surface area (Å²) in [7, 11) is 0. The zero-order chi connectivity index (χ0) is 35.3. The van der Waals surface area contributed by atoms with E-state index in [2.05, 4.69) is 182 Å². The third kappa shape index (κ3) is 4.20. The van der Waals surface area contributed by atoms with Crippen molar-refractivity contribution < 1.29 is 4.42 Å². The molecule has 2 heterocycles. The first-order chi connectivity index (χ1) is 26.8. The Bertz CT molecular complexity index is 3440. The van der Waals surface area contributed by atoms with Gasteiger partial charge in [-0.15, -0.1) is 11.3 Å². The number of hydrogen-bond acceptors (Lipinski definition) is 2. The molecule has 0 fully saturated rings. The highest BCUT2D eigenvalue weighted by Gasteiger charge is 2.21. The molecule has 54 heavy (non-hydrogen) atoms. The molecule has 2 heteroatoms. The Morgan fingerprint density at radius 3 is 1.65 bits per heavy atom. The Balaban J connectivity index is 1.13. The van der Waals surface area contributed by atoms with Crippen molar-refractivity contribution in [3.05, 3.63) is 182 Å². The fourth-order valence-corrected chi connectivity index (χ4v) is 10.3. The number of hydrogen-bond donors (Lipinski definition) is 0. The molecular weight excluding hydrogens is 673 g/mol. The minimum atomic E-state index is 0.909. The molecule has 0 aliphatic carbocycles. The lowest BCUT2D eigenvalue weighted by atomic mass is 9.83. The van der Waals surface area contributed by atoms with Crippen LogP contribution >= 0.6 is 11.3 Å². The highest BCUT2D eigenvalue weighted by atomic mass is 32.1. The van der Waals surface area contributed by atoms with E-state index in [1.807, 2.05) is 11.3 Å². The van der Waals surface area contributed by atoms with Crippen molar-refractivity contribution in [3.8, 4) is 33.4 Å². The summed E-state index contributed by atoms with van der Waals surface area (Å²) in [6.07, 6.45) is 0. The molecule has 0 unspecified atom stereocenters. The standard InChI is InChI=1S/C52H30OS/c1-2-12-31(13-3-1)34-26-27-41(36-15-5-4-14-35(34)36)50-39-18-8-6-16-37(39)48(38-17-7-9-19-40(38)50)33-22-25-42-45(30-33)53-44-28-23-32-24-29-47-52(49(32)51(42)44)43-20-10-11-21-46(43)54-47/h1-30H. The zero-order valence-electron chi connectivity index (χ0n) is 29.1. The average molecular weight is 703 g/mol. The first-order valence-corrected chi connectivity index (χ1v) is 19.3. The van der Waals surface area contributed by atoms with Crippen LogP contribution in [0, 0.1) is 0 Å². The van der Waals surface area contributed by atoms with Crippen LogP contribution in [0.5, 0.6) is 0 Å². The predicted octanol–water partition coefficient (Wildman–Crippen LogP) is 15.6. The number of thiophene rings is 1. The molecule has 250 valence electrons. The summed E-state index contributed by atoms with van der Waals surface area (Å²) < 4.78 is 9.40. The fourth-order valence-electron chi connectivity index (χ4n) is 9.17. The highest BCUT2D eigenvalue weighted by molar-refractivity contribution is 7.26. The number of rotatable bonds is 3. The van der Waals surface area contributed by atoms with Gasteiger partial charge in [0.2, 0.25) is 0 Å². The van der Waals surface area contributed by atoms with E-state index < -0.39 is 0 Å². The molecular formula is C52H30OS. The third-order valence-corrected chi connectivity index (χ3v) is 12.6. The van der Waals surface area contributed by atoms with E-state index in [-0.39, 0.29) is 0 Å². The van der Waals surface area contributed by atoms with Gasteiger partial charge in [0.1, 0.15) is 11.2 Å². The molecule has 0 aliphatic heterocycles. The fraction of sp³-hybridized carbons (Fsp3) is 0. The van der Waals surface area contributed by atoms with Gasteiger partial charge in [0.25, 0.3) is 0 Å². The minimum absolute atomic E-state index is 0.909. The Morgan fingerprint density at radius 1 is 0.315 bits per heavy atom. The molecule has 0 atom stereocenters. The van der Waals surface area contributed by atoms with Crippen LogP contribution in [-0.4, -0.2) is 0 Å². The Labute approximate surface area is 314 Å². The molecule has 0 amide bonds. The van der Waals surface area contributed by atoms with E-state index in [0.29, 0.717) is 0 Å². The molecule has 0 aliphatic rings. The molecule has 0 N–H and O–H groups in total. The van der Waals surface area contributed by atoms with Gasteiger partial charge in [-0.1, -0.05) is 152 Å². The maximum absolute atomic E-state index is 6.78. The smallest absolute Gasteiger partial charge is 0.136 e. The number of fused-ring (bicyclic) bond motifs is 12. The van der Waals surface area contributed by atoms with Gasteiger partial charge in [-0.2, -0.15) is 0 Å². The summed E-state index contributed by atoms with van der Waals surface area (Å²) in [6, 6.07) is 66.6. The van der Waals surface area contributed by atoms with Crippen LogP contribution in [0.4, 0.5) is 0 Å². The van der Waals surface area contributed by atoms with Gasteiger partial charge < -0.3 is 4.42 Å². The molecule has 0 spiro atoms. The number of furan rings is 1. The lowest BCUT2D eigenvalue weighted by molar-refractivity contribution is 0.669. The van der Waals surface area contributed by atoms with Gasteiger partial charge in [-0.3, -0.25) is 0 Å². The van der Waals surface area contributed by atoms with Crippen molar-refractivity contribution >= 4 is 96.5 Å². The molecule has 2 aromatic heterocycles. The summed E-state index contributed by atoms with van der Waals surface area (Å²) in [4.78, 5) is 0. The quantitative estimate of drug-likeness (QED) is 0.167. The monoisotopic (exact) mass is 702 g/mol. The van der Waals surface area contributed by atoms with Crippen molar-refractivity contribution in [3.63, 3.8) is 0 Å². The lowest BCUT2D eigenvalue weighted by Crippen LogP contribution is -1.92. The van der Waals surface area contributed by atoms with E-state index in [9.17, 15) is 0 Å². The normalized spacial score (nSPS) is 12.1. The van der Waals surface area contributed by atoms with Gasteiger partial charge in [-0.05, 0) is 101 Å². The van der Waals surface area contributed by atoms with E-state index >= 15 is 0 Å². The molecule has 10 aromatic carbocycles. The Morgan fingerprint density at radius 2 is 0.907 bits per heavy atom. The summed E-state index contributed by atoms with van der Waals surface area (Å²) in [6.45, 7) is 0. The predicted molar refractivity (Wildman–Crippen MR) is 233 cm³/mol. The summed E-state index contributed by atoms with van der Waals surface area (Å²) in [5.74, 6) is 0. The second-order valence-electron chi connectivity index (χ2n) is 14.3.